The van der Waals surface area contributed by atoms with Gasteiger partial charge in [-0.05, 0) is 13.3 Å². The molecule has 1 heteroatoms. The minimum absolute atomic E-state index is 0.949. The van der Waals surface area contributed by atoms with Gasteiger partial charge >= 0.3 is 0 Å². The highest BCUT2D eigenvalue weighted by atomic mass is 14.0. The first kappa shape index (κ1) is 7.39. The van der Waals surface area contributed by atoms with Gasteiger partial charge in [-0.1, -0.05) is 41.7 Å². The smallest absolute Gasteiger partial charge is 0.0907 e. The van der Waals surface area contributed by atoms with Crippen LogP contribution in [0.25, 0.3) is 0 Å². The Morgan fingerprint density at radius 3 is 2.60 bits per heavy atom. The molecule has 1 aromatic rings. The second kappa shape index (κ2) is 2.91. The summed E-state index contributed by atoms with van der Waals surface area (Å²) in [6.07, 6.45) is 1.02. The van der Waals surface area contributed by atoms with E-state index in [1.54, 1.807) is 0 Å². The van der Waals surface area contributed by atoms with Crippen molar-refractivity contribution in [1.29, 1.82) is 0 Å². The molecule has 0 saturated heterocycles. The molecule has 0 aliphatic carbocycles. The molecule has 0 saturated carbocycles. The Morgan fingerprint density at radius 2 is 2.10 bits per heavy atom. The van der Waals surface area contributed by atoms with Gasteiger partial charge in [0.15, 0.2) is 0 Å². The molecule has 0 aliphatic heterocycles. The molecule has 10 heavy (non-hydrogen) atoms. The Morgan fingerprint density at radius 1 is 1.40 bits per heavy atom. The fourth-order valence-corrected chi connectivity index (χ4v) is 1.05. The van der Waals surface area contributed by atoms with Crippen LogP contribution in [0.3, 0.4) is 0 Å². The third-order valence-corrected chi connectivity index (χ3v) is 1.80. The maximum absolute atomic E-state index is 5.79. The van der Waals surface area contributed by atoms with Crippen LogP contribution in [0.5, 0.6) is 0 Å². The van der Waals surface area contributed by atoms with Gasteiger partial charge < -0.3 is 0 Å². The van der Waals surface area contributed by atoms with E-state index in [2.05, 4.69) is 13.0 Å². The largest absolute Gasteiger partial charge is 0.114 e. The van der Waals surface area contributed by atoms with E-state index in [-0.39, 0.29) is 0 Å². The summed E-state index contributed by atoms with van der Waals surface area (Å²) in [5.74, 6) is 0. The summed E-state index contributed by atoms with van der Waals surface area (Å²) >= 11 is 0. The Kier molecular flexibility index (Phi) is 2.15. The molecule has 0 heterocycles. The van der Waals surface area contributed by atoms with Gasteiger partial charge in [-0.2, -0.15) is 0 Å². The van der Waals surface area contributed by atoms with E-state index in [9.17, 15) is 0 Å². The molecule has 0 atom stereocenters. The molecular weight excluding hydrogens is 119 g/mol. The maximum atomic E-state index is 5.79. The molecule has 50 valence electrons. The van der Waals surface area contributed by atoms with Crippen LogP contribution >= 0.6 is 0 Å². The molecule has 0 unspecified atom stereocenters. The number of hydrogen-bond donors (Lipinski definition) is 0. The zero-order valence-corrected chi connectivity index (χ0v) is 6.52. The van der Waals surface area contributed by atoms with Crippen LogP contribution in [0.15, 0.2) is 18.2 Å². The fourth-order valence-electron chi connectivity index (χ4n) is 1.05. The molecule has 0 N–H and O–H groups in total. The average Bonchev–Trinajstić information content (AvgIpc) is 1.95. The van der Waals surface area contributed by atoms with Crippen LogP contribution in [0.4, 0.5) is 0 Å². The quantitative estimate of drug-likeness (QED) is 0.503. The van der Waals surface area contributed by atoms with Gasteiger partial charge in [0.05, 0.1) is 0 Å². The highest BCUT2D eigenvalue weighted by molar-refractivity contribution is 6.34. The Hall–Kier alpha value is -0.715. The number of aryl methyl sites for hydroxylation is 2. The first-order valence-corrected chi connectivity index (χ1v) is 3.59. The minimum Gasteiger partial charge on any atom is -0.0907 e. The summed E-state index contributed by atoms with van der Waals surface area (Å²) in [4.78, 5) is 0. The molecule has 1 rings (SSSR count). The minimum atomic E-state index is 0.949. The van der Waals surface area contributed by atoms with E-state index >= 15 is 0 Å². The van der Waals surface area contributed by atoms with E-state index < -0.39 is 0 Å². The number of rotatable bonds is 1. The summed E-state index contributed by atoms with van der Waals surface area (Å²) in [6, 6.07) is 6.15. The summed E-state index contributed by atoms with van der Waals surface area (Å²) in [5.41, 5.74) is 3.38. The lowest BCUT2D eigenvalue weighted by molar-refractivity contribution is 1.15. The lowest BCUT2D eigenvalue weighted by atomic mass is 9.85. The van der Waals surface area contributed by atoms with E-state index in [1.807, 2.05) is 19.1 Å². The van der Waals surface area contributed by atoms with Crippen LogP contribution in [-0.2, 0) is 6.42 Å². The SMILES string of the molecule is [B]c1c(C)cccc1CC. The average molecular weight is 130 g/mol. The number of hydrogen-bond acceptors (Lipinski definition) is 0. The van der Waals surface area contributed by atoms with Gasteiger partial charge in [0.2, 0.25) is 0 Å². The summed E-state index contributed by atoms with van der Waals surface area (Å²) < 4.78 is 0. The molecule has 0 fully saturated rings. The third kappa shape index (κ3) is 1.23. The molecule has 2 radical (unpaired) electrons. The topological polar surface area (TPSA) is 0 Å². The Balaban J connectivity index is 3.14. The van der Waals surface area contributed by atoms with Gasteiger partial charge in [0, 0.05) is 0 Å². The summed E-state index contributed by atoms with van der Waals surface area (Å²) in [7, 11) is 5.79. The zero-order valence-electron chi connectivity index (χ0n) is 6.52. The van der Waals surface area contributed by atoms with Crippen LogP contribution in [0.1, 0.15) is 18.1 Å². The van der Waals surface area contributed by atoms with Gasteiger partial charge in [-0.15, -0.1) is 0 Å². The molecule has 0 aromatic heterocycles. The normalized spacial score (nSPS) is 9.80. The predicted molar refractivity (Wildman–Crippen MR) is 45.9 cm³/mol. The summed E-state index contributed by atoms with van der Waals surface area (Å²) in [6.45, 7) is 4.15. The molecule has 1 aromatic carbocycles. The van der Waals surface area contributed by atoms with Crippen molar-refractivity contribution in [2.24, 2.45) is 0 Å². The highest BCUT2D eigenvalue weighted by Gasteiger charge is 1.95. The first-order chi connectivity index (χ1) is 4.75. The molecular formula is C9H11B. The van der Waals surface area contributed by atoms with E-state index in [0.29, 0.717) is 0 Å². The maximum Gasteiger partial charge on any atom is 0.114 e. The molecule has 0 aliphatic rings. The van der Waals surface area contributed by atoms with Gasteiger partial charge in [0.25, 0.3) is 0 Å². The predicted octanol–water partition coefficient (Wildman–Crippen LogP) is 1.35. The van der Waals surface area contributed by atoms with Crippen molar-refractivity contribution < 1.29 is 0 Å². The van der Waals surface area contributed by atoms with Crippen LogP contribution < -0.4 is 5.46 Å². The standard InChI is InChI=1S/C9H11B/c1-3-8-6-4-5-7(2)9(8)10/h4-6H,3H2,1-2H3. The van der Waals surface area contributed by atoms with Gasteiger partial charge in [-0.3, -0.25) is 0 Å². The fraction of sp³-hybridized carbons (Fsp3) is 0.333. The first-order valence-electron chi connectivity index (χ1n) is 3.59. The van der Waals surface area contributed by atoms with Crippen LogP contribution in [0.2, 0.25) is 0 Å². The van der Waals surface area contributed by atoms with Crippen molar-refractivity contribution >= 4 is 13.3 Å². The second-order valence-electron chi connectivity index (χ2n) is 2.50. The van der Waals surface area contributed by atoms with Crippen molar-refractivity contribution in [3.8, 4) is 0 Å². The monoisotopic (exact) mass is 130 g/mol. The third-order valence-electron chi connectivity index (χ3n) is 1.80. The van der Waals surface area contributed by atoms with Crippen molar-refractivity contribution in [1.82, 2.24) is 0 Å². The van der Waals surface area contributed by atoms with Crippen molar-refractivity contribution in [3.05, 3.63) is 29.3 Å². The highest BCUT2D eigenvalue weighted by Crippen LogP contribution is 1.99. The Bertz CT molecular complexity index is 228. The second-order valence-corrected chi connectivity index (χ2v) is 2.50. The van der Waals surface area contributed by atoms with Crippen molar-refractivity contribution in [3.63, 3.8) is 0 Å². The van der Waals surface area contributed by atoms with Crippen LogP contribution in [0, 0.1) is 6.92 Å². The van der Waals surface area contributed by atoms with Gasteiger partial charge in [0.1, 0.15) is 7.85 Å². The molecule has 0 spiro atoms. The lowest BCUT2D eigenvalue weighted by Gasteiger charge is -2.04. The van der Waals surface area contributed by atoms with Gasteiger partial charge in [-0.25, -0.2) is 0 Å². The number of benzene rings is 1. The Labute approximate surface area is 63.7 Å². The van der Waals surface area contributed by atoms with Crippen molar-refractivity contribution in [2.75, 3.05) is 0 Å². The van der Waals surface area contributed by atoms with E-state index in [1.165, 1.54) is 11.1 Å². The van der Waals surface area contributed by atoms with E-state index in [0.717, 1.165) is 11.9 Å². The van der Waals surface area contributed by atoms with Crippen molar-refractivity contribution in [2.45, 2.75) is 20.3 Å². The molecule has 0 amide bonds. The molecule has 0 nitrogen and oxygen atoms in total. The lowest BCUT2D eigenvalue weighted by Crippen LogP contribution is -2.12. The van der Waals surface area contributed by atoms with Crippen LogP contribution in [-0.4, -0.2) is 7.85 Å². The zero-order chi connectivity index (χ0) is 7.56. The molecule has 0 bridgehead atoms. The van der Waals surface area contributed by atoms with E-state index in [4.69, 9.17) is 7.85 Å². The summed E-state index contributed by atoms with van der Waals surface area (Å²) in [5, 5.41) is 0.